The largest absolute Gasteiger partial charge is 0.507 e. The Bertz CT molecular complexity index is 694. The molecule has 0 aliphatic heterocycles. The SMILES string of the molecule is Oc1ccc(F)cc1-c1nc(Cc2cccs2)no1. The lowest BCUT2D eigenvalue weighted by Crippen LogP contribution is -1.88. The molecule has 96 valence electrons. The van der Waals surface area contributed by atoms with E-state index in [9.17, 15) is 9.50 Å². The second-order valence-electron chi connectivity index (χ2n) is 3.93. The van der Waals surface area contributed by atoms with Gasteiger partial charge >= 0.3 is 0 Å². The second kappa shape index (κ2) is 4.81. The van der Waals surface area contributed by atoms with Crippen LogP contribution < -0.4 is 0 Å². The lowest BCUT2D eigenvalue weighted by atomic mass is 10.2. The van der Waals surface area contributed by atoms with Gasteiger partial charge in [-0.05, 0) is 29.6 Å². The molecule has 0 unspecified atom stereocenters. The Hall–Kier alpha value is -2.21. The minimum absolute atomic E-state index is 0.0901. The van der Waals surface area contributed by atoms with Crippen LogP contribution in [-0.4, -0.2) is 15.2 Å². The Balaban J connectivity index is 1.90. The number of phenols is 1. The smallest absolute Gasteiger partial charge is 0.261 e. The molecule has 0 radical (unpaired) electrons. The van der Waals surface area contributed by atoms with Gasteiger partial charge < -0.3 is 9.63 Å². The van der Waals surface area contributed by atoms with Crippen LogP contribution in [0, 0.1) is 5.82 Å². The highest BCUT2D eigenvalue weighted by Crippen LogP contribution is 2.28. The van der Waals surface area contributed by atoms with Gasteiger partial charge in [0.1, 0.15) is 11.6 Å². The van der Waals surface area contributed by atoms with E-state index in [1.807, 2.05) is 17.5 Å². The van der Waals surface area contributed by atoms with Gasteiger partial charge in [0.05, 0.1) is 5.56 Å². The molecule has 1 N–H and O–H groups in total. The van der Waals surface area contributed by atoms with Gasteiger partial charge in [-0.25, -0.2) is 4.39 Å². The molecule has 4 nitrogen and oxygen atoms in total. The Kier molecular flexibility index (Phi) is 3.00. The predicted molar refractivity (Wildman–Crippen MR) is 68.5 cm³/mol. The van der Waals surface area contributed by atoms with Crippen molar-refractivity contribution in [2.75, 3.05) is 0 Å². The quantitative estimate of drug-likeness (QED) is 0.797. The fraction of sp³-hybridized carbons (Fsp3) is 0.0769. The van der Waals surface area contributed by atoms with Gasteiger partial charge in [0.2, 0.25) is 0 Å². The zero-order chi connectivity index (χ0) is 13.2. The number of rotatable bonds is 3. The number of phenolic OH excluding ortho intramolecular Hbond substituents is 1. The summed E-state index contributed by atoms with van der Waals surface area (Å²) < 4.78 is 18.2. The van der Waals surface area contributed by atoms with Crippen LogP contribution in [0.4, 0.5) is 4.39 Å². The molecule has 19 heavy (non-hydrogen) atoms. The maximum Gasteiger partial charge on any atom is 0.261 e. The Labute approximate surface area is 112 Å². The molecule has 0 aliphatic carbocycles. The number of halogens is 1. The molecule has 0 fully saturated rings. The Morgan fingerprint density at radius 1 is 1.32 bits per heavy atom. The van der Waals surface area contributed by atoms with Gasteiger partial charge in [-0.1, -0.05) is 11.2 Å². The molecule has 3 aromatic rings. The fourth-order valence-electron chi connectivity index (χ4n) is 1.68. The Morgan fingerprint density at radius 3 is 3.00 bits per heavy atom. The van der Waals surface area contributed by atoms with Gasteiger partial charge in [0.15, 0.2) is 5.82 Å². The second-order valence-corrected chi connectivity index (χ2v) is 4.97. The molecule has 0 spiro atoms. The molecule has 0 amide bonds. The first-order valence-electron chi connectivity index (χ1n) is 5.56. The van der Waals surface area contributed by atoms with Crippen LogP contribution in [0.1, 0.15) is 10.7 Å². The fourth-order valence-corrected chi connectivity index (χ4v) is 2.39. The maximum absolute atomic E-state index is 13.1. The maximum atomic E-state index is 13.1. The third-order valence-corrected chi connectivity index (χ3v) is 3.45. The van der Waals surface area contributed by atoms with Crippen molar-refractivity contribution < 1.29 is 14.0 Å². The van der Waals surface area contributed by atoms with Crippen molar-refractivity contribution in [3.63, 3.8) is 0 Å². The number of aromatic hydroxyl groups is 1. The summed E-state index contributed by atoms with van der Waals surface area (Å²) in [5.41, 5.74) is 0.199. The molecule has 0 saturated carbocycles. The molecule has 3 rings (SSSR count). The normalized spacial score (nSPS) is 10.8. The summed E-state index contributed by atoms with van der Waals surface area (Å²) in [6.45, 7) is 0. The van der Waals surface area contributed by atoms with Crippen molar-refractivity contribution in [1.82, 2.24) is 10.1 Å². The monoisotopic (exact) mass is 276 g/mol. The van der Waals surface area contributed by atoms with Crippen molar-refractivity contribution in [3.05, 3.63) is 52.2 Å². The highest BCUT2D eigenvalue weighted by molar-refractivity contribution is 7.09. The zero-order valence-corrected chi connectivity index (χ0v) is 10.5. The molecule has 1 aromatic carbocycles. The van der Waals surface area contributed by atoms with Crippen molar-refractivity contribution >= 4 is 11.3 Å². The van der Waals surface area contributed by atoms with Gasteiger partial charge in [0.25, 0.3) is 5.89 Å². The molecule has 0 aliphatic rings. The van der Waals surface area contributed by atoms with Gasteiger partial charge in [-0.15, -0.1) is 11.3 Å². The van der Waals surface area contributed by atoms with E-state index in [2.05, 4.69) is 10.1 Å². The molecule has 0 bridgehead atoms. The molecule has 2 heterocycles. The first kappa shape index (κ1) is 11.9. The van der Waals surface area contributed by atoms with Crippen molar-refractivity contribution in [3.8, 4) is 17.2 Å². The molecule has 0 saturated heterocycles. The van der Waals surface area contributed by atoms with E-state index in [1.165, 1.54) is 12.1 Å². The molecule has 2 aromatic heterocycles. The van der Waals surface area contributed by atoms with Crippen LogP contribution in [0.3, 0.4) is 0 Å². The number of hydrogen-bond donors (Lipinski definition) is 1. The summed E-state index contributed by atoms with van der Waals surface area (Å²) in [7, 11) is 0. The highest BCUT2D eigenvalue weighted by Gasteiger charge is 2.14. The lowest BCUT2D eigenvalue weighted by molar-refractivity contribution is 0.418. The van der Waals surface area contributed by atoms with Crippen LogP contribution in [-0.2, 0) is 6.42 Å². The van der Waals surface area contributed by atoms with Crippen LogP contribution in [0.25, 0.3) is 11.5 Å². The van der Waals surface area contributed by atoms with Gasteiger partial charge in [-0.3, -0.25) is 0 Å². The van der Waals surface area contributed by atoms with E-state index in [0.717, 1.165) is 10.9 Å². The zero-order valence-electron chi connectivity index (χ0n) is 9.71. The van der Waals surface area contributed by atoms with E-state index in [1.54, 1.807) is 11.3 Å². The highest BCUT2D eigenvalue weighted by atomic mass is 32.1. The third kappa shape index (κ3) is 2.48. The summed E-state index contributed by atoms with van der Waals surface area (Å²) in [6, 6.07) is 7.51. The van der Waals surface area contributed by atoms with Crippen molar-refractivity contribution in [1.29, 1.82) is 0 Å². The first-order chi connectivity index (χ1) is 9.22. The standard InChI is InChI=1S/C13H9FN2O2S/c14-8-3-4-11(17)10(6-8)13-15-12(16-18-13)7-9-2-1-5-19-9/h1-6,17H,7H2. The number of aromatic nitrogens is 2. The summed E-state index contributed by atoms with van der Waals surface area (Å²) in [5, 5.41) is 15.5. The molecular weight excluding hydrogens is 267 g/mol. The van der Waals surface area contributed by atoms with E-state index in [-0.39, 0.29) is 17.2 Å². The van der Waals surface area contributed by atoms with Crippen molar-refractivity contribution in [2.24, 2.45) is 0 Å². The van der Waals surface area contributed by atoms with Gasteiger partial charge in [0, 0.05) is 11.3 Å². The average Bonchev–Trinajstić information content (AvgIpc) is 3.04. The predicted octanol–water partition coefficient (Wildman–Crippen LogP) is 3.23. The van der Waals surface area contributed by atoms with Crippen LogP contribution in [0.5, 0.6) is 5.75 Å². The minimum Gasteiger partial charge on any atom is -0.507 e. The van der Waals surface area contributed by atoms with E-state index >= 15 is 0 Å². The summed E-state index contributed by atoms with van der Waals surface area (Å²) >= 11 is 1.60. The summed E-state index contributed by atoms with van der Waals surface area (Å²) in [6.07, 6.45) is 0.553. The topological polar surface area (TPSA) is 59.2 Å². The minimum atomic E-state index is -0.467. The summed E-state index contributed by atoms with van der Waals surface area (Å²) in [4.78, 5) is 5.27. The van der Waals surface area contributed by atoms with Crippen molar-refractivity contribution in [2.45, 2.75) is 6.42 Å². The number of hydrogen-bond acceptors (Lipinski definition) is 5. The van der Waals surface area contributed by atoms with Crippen LogP contribution in [0.15, 0.2) is 40.2 Å². The Morgan fingerprint density at radius 2 is 2.21 bits per heavy atom. The van der Waals surface area contributed by atoms with E-state index < -0.39 is 5.82 Å². The average molecular weight is 276 g/mol. The number of benzene rings is 1. The van der Waals surface area contributed by atoms with E-state index in [4.69, 9.17) is 4.52 Å². The molecular formula is C13H9FN2O2S. The van der Waals surface area contributed by atoms with Gasteiger partial charge in [-0.2, -0.15) is 4.98 Å². The summed E-state index contributed by atoms with van der Waals surface area (Å²) in [5.74, 6) is 0.0585. The van der Waals surface area contributed by atoms with Crippen LogP contribution >= 0.6 is 11.3 Å². The third-order valence-electron chi connectivity index (χ3n) is 2.57. The lowest BCUT2D eigenvalue weighted by Gasteiger charge is -1.98. The van der Waals surface area contributed by atoms with Crippen LogP contribution in [0.2, 0.25) is 0 Å². The molecule has 0 atom stereocenters. The number of nitrogens with zero attached hydrogens (tertiary/aromatic N) is 2. The number of thiophene rings is 1. The first-order valence-corrected chi connectivity index (χ1v) is 6.44. The van der Waals surface area contributed by atoms with E-state index in [0.29, 0.717) is 12.2 Å². The molecule has 6 heteroatoms.